The van der Waals surface area contributed by atoms with Crippen molar-refractivity contribution in [1.29, 1.82) is 0 Å². The van der Waals surface area contributed by atoms with Crippen LogP contribution in [0.2, 0.25) is 0 Å². The Bertz CT molecular complexity index is 1410. The maximum absolute atomic E-state index is 5.06. The molecule has 1 N–H and O–H groups in total. The number of H-pyrrole nitrogens is 1. The molecule has 0 aliphatic heterocycles. The largest absolute Gasteiger partial charge is 0.336 e. The van der Waals surface area contributed by atoms with Crippen molar-refractivity contribution < 1.29 is 9.20 Å². The lowest BCUT2D eigenvalue weighted by molar-refractivity contribution is -0.653. The van der Waals surface area contributed by atoms with Crippen LogP contribution in [0.3, 0.4) is 0 Å². The molecule has 6 rings (SSSR count). The van der Waals surface area contributed by atoms with Crippen LogP contribution in [0.25, 0.3) is 44.5 Å². The molecule has 128 valence electrons. The molecule has 27 heavy (non-hydrogen) atoms. The van der Waals surface area contributed by atoms with E-state index in [1.54, 1.807) is 18.6 Å². The van der Waals surface area contributed by atoms with Gasteiger partial charge in [-0.15, -0.1) is 5.10 Å². The van der Waals surface area contributed by atoms with E-state index >= 15 is 0 Å². The summed E-state index contributed by atoms with van der Waals surface area (Å²) in [4.78, 5) is 8.85. The Morgan fingerprint density at radius 1 is 1.00 bits per heavy atom. The minimum absolute atomic E-state index is 0.519. The lowest BCUT2D eigenvalue weighted by Crippen LogP contribution is -2.31. The summed E-state index contributed by atoms with van der Waals surface area (Å²) in [5.74, 6) is 0. The molecule has 6 aromatic heterocycles. The molecule has 0 aliphatic rings. The fraction of sp³-hybridized carbons (Fsp3) is 0. The van der Waals surface area contributed by atoms with Crippen molar-refractivity contribution in [1.82, 2.24) is 29.8 Å². The summed E-state index contributed by atoms with van der Waals surface area (Å²) >= 11 is 0. The van der Waals surface area contributed by atoms with Crippen LogP contribution in [0.15, 0.2) is 72.0 Å². The standard InChI is InChI=1S/C19H11N7O/c1-2-16-6-14(10-25(16)22-3-1)12-4-15-11-26(24-18(15)20-7-12)17-5-13-8-23-27-19(13)21-9-17/h1-11H/p+1. The van der Waals surface area contributed by atoms with Gasteiger partial charge in [0, 0.05) is 35.8 Å². The number of nitrogens with one attached hydrogen (secondary N) is 1. The van der Waals surface area contributed by atoms with E-state index in [0.717, 1.165) is 38.8 Å². The van der Waals surface area contributed by atoms with E-state index in [4.69, 9.17) is 4.52 Å². The summed E-state index contributed by atoms with van der Waals surface area (Å²) in [6.45, 7) is 0. The zero-order valence-electron chi connectivity index (χ0n) is 13.9. The molecule has 0 radical (unpaired) electrons. The quantitative estimate of drug-likeness (QED) is 0.483. The van der Waals surface area contributed by atoms with Crippen molar-refractivity contribution in [3.63, 3.8) is 0 Å². The molecule has 0 spiro atoms. The van der Waals surface area contributed by atoms with Gasteiger partial charge in [-0.1, -0.05) is 9.84 Å². The van der Waals surface area contributed by atoms with Crippen molar-refractivity contribution in [3.8, 4) is 16.8 Å². The lowest BCUT2D eigenvalue weighted by Gasteiger charge is -1.94. The zero-order chi connectivity index (χ0) is 17.8. The second-order valence-corrected chi connectivity index (χ2v) is 6.31. The van der Waals surface area contributed by atoms with Crippen LogP contribution in [0.4, 0.5) is 0 Å². The Morgan fingerprint density at radius 3 is 2.96 bits per heavy atom. The number of aromatic amines is 1. The second-order valence-electron chi connectivity index (χ2n) is 6.31. The molecule has 0 saturated carbocycles. The first-order valence-corrected chi connectivity index (χ1v) is 8.38. The Hall–Kier alpha value is -4.07. The van der Waals surface area contributed by atoms with Crippen LogP contribution in [0.5, 0.6) is 0 Å². The SMILES string of the molecule is c1cnn2cc(-c3cnc4[nH][n+](-c5cnc6oncc6c5)cc4c3)cc2c1. The molecule has 0 aromatic carbocycles. The van der Waals surface area contributed by atoms with E-state index in [2.05, 4.69) is 37.5 Å². The minimum Gasteiger partial charge on any atom is -0.336 e. The summed E-state index contributed by atoms with van der Waals surface area (Å²) in [6, 6.07) is 10.1. The van der Waals surface area contributed by atoms with E-state index < -0.39 is 0 Å². The van der Waals surface area contributed by atoms with Gasteiger partial charge < -0.3 is 4.52 Å². The van der Waals surface area contributed by atoms with Gasteiger partial charge in [0.15, 0.2) is 5.65 Å². The molecule has 0 aliphatic carbocycles. The summed E-state index contributed by atoms with van der Waals surface area (Å²) < 4.78 is 8.80. The molecule has 0 unspecified atom stereocenters. The Morgan fingerprint density at radius 2 is 2.00 bits per heavy atom. The summed E-state index contributed by atoms with van der Waals surface area (Å²) in [5, 5.41) is 13.2. The van der Waals surface area contributed by atoms with E-state index in [0.29, 0.717) is 5.71 Å². The zero-order valence-corrected chi connectivity index (χ0v) is 13.9. The number of aromatic nitrogens is 7. The monoisotopic (exact) mass is 354 g/mol. The van der Waals surface area contributed by atoms with Gasteiger partial charge in [0.1, 0.15) is 6.20 Å². The molecule has 8 heteroatoms. The molecule has 0 bridgehead atoms. The number of pyridine rings is 2. The van der Waals surface area contributed by atoms with Crippen LogP contribution < -0.4 is 4.68 Å². The van der Waals surface area contributed by atoms with Crippen molar-refractivity contribution >= 4 is 27.6 Å². The molecule has 0 atom stereocenters. The molecule has 0 saturated heterocycles. The number of hydrogen-bond acceptors (Lipinski definition) is 5. The van der Waals surface area contributed by atoms with E-state index in [1.165, 1.54) is 0 Å². The highest BCUT2D eigenvalue weighted by Gasteiger charge is 2.15. The van der Waals surface area contributed by atoms with Crippen molar-refractivity contribution in [2.45, 2.75) is 0 Å². The van der Waals surface area contributed by atoms with E-state index in [9.17, 15) is 0 Å². The fourth-order valence-corrected chi connectivity index (χ4v) is 3.25. The van der Waals surface area contributed by atoms with E-state index in [1.807, 2.05) is 46.0 Å². The first kappa shape index (κ1) is 14.1. The predicted molar refractivity (Wildman–Crippen MR) is 97.2 cm³/mol. The summed E-state index contributed by atoms with van der Waals surface area (Å²) in [5.41, 5.74) is 5.35. The number of hydrogen-bond donors (Lipinski definition) is 1. The van der Waals surface area contributed by atoms with Gasteiger partial charge in [-0.05, 0) is 24.3 Å². The molecule has 0 amide bonds. The fourth-order valence-electron chi connectivity index (χ4n) is 3.25. The number of nitrogens with zero attached hydrogens (tertiary/aromatic N) is 6. The maximum Gasteiger partial charge on any atom is 0.258 e. The van der Waals surface area contributed by atoms with Gasteiger partial charge in [0.2, 0.25) is 6.20 Å². The first-order valence-electron chi connectivity index (χ1n) is 8.38. The topological polar surface area (TPSA) is 88.8 Å². The van der Waals surface area contributed by atoms with Crippen LogP contribution in [0.1, 0.15) is 0 Å². The predicted octanol–water partition coefficient (Wildman–Crippen LogP) is 2.69. The highest BCUT2D eigenvalue weighted by Crippen LogP contribution is 2.24. The third-order valence-corrected chi connectivity index (χ3v) is 4.59. The second kappa shape index (κ2) is 5.21. The normalized spacial score (nSPS) is 11.7. The Kier molecular flexibility index (Phi) is 2.73. The lowest BCUT2D eigenvalue weighted by atomic mass is 10.1. The maximum atomic E-state index is 5.06. The molecule has 8 nitrogen and oxygen atoms in total. The van der Waals surface area contributed by atoms with Gasteiger partial charge in [0.05, 0.1) is 22.5 Å². The molecular weight excluding hydrogens is 342 g/mol. The van der Waals surface area contributed by atoms with E-state index in [-0.39, 0.29) is 0 Å². The molecule has 6 heterocycles. The van der Waals surface area contributed by atoms with Crippen molar-refractivity contribution in [3.05, 3.63) is 67.5 Å². The van der Waals surface area contributed by atoms with Crippen LogP contribution in [-0.4, -0.2) is 29.8 Å². The van der Waals surface area contributed by atoms with Crippen molar-refractivity contribution in [2.75, 3.05) is 0 Å². The Balaban J connectivity index is 1.46. The van der Waals surface area contributed by atoms with Gasteiger partial charge >= 0.3 is 0 Å². The third-order valence-electron chi connectivity index (χ3n) is 4.59. The van der Waals surface area contributed by atoms with Crippen LogP contribution >= 0.6 is 0 Å². The summed E-state index contributed by atoms with van der Waals surface area (Å²) in [7, 11) is 0. The highest BCUT2D eigenvalue weighted by molar-refractivity contribution is 5.81. The molecular formula is C19H12N7O+. The molecule has 0 fully saturated rings. The van der Waals surface area contributed by atoms with Crippen LogP contribution in [-0.2, 0) is 0 Å². The summed E-state index contributed by atoms with van der Waals surface area (Å²) in [6.07, 6.45) is 11.0. The van der Waals surface area contributed by atoms with Crippen molar-refractivity contribution in [2.24, 2.45) is 0 Å². The third kappa shape index (κ3) is 2.20. The first-order chi connectivity index (χ1) is 13.3. The average molecular weight is 354 g/mol. The van der Waals surface area contributed by atoms with Crippen LogP contribution in [0, 0.1) is 0 Å². The smallest absolute Gasteiger partial charge is 0.258 e. The Labute approximate surface area is 151 Å². The number of fused-ring (bicyclic) bond motifs is 3. The minimum atomic E-state index is 0.519. The molecule has 6 aromatic rings. The van der Waals surface area contributed by atoms with Gasteiger partial charge in [-0.3, -0.25) is 0 Å². The van der Waals surface area contributed by atoms with Gasteiger partial charge in [0.25, 0.3) is 11.4 Å². The highest BCUT2D eigenvalue weighted by atomic mass is 16.5. The van der Waals surface area contributed by atoms with Gasteiger partial charge in [-0.25, -0.2) is 14.5 Å². The number of rotatable bonds is 2. The van der Waals surface area contributed by atoms with Gasteiger partial charge in [-0.2, -0.15) is 5.10 Å². The average Bonchev–Trinajstić information content (AvgIpc) is 3.42.